The van der Waals surface area contributed by atoms with E-state index in [4.69, 9.17) is 9.47 Å². The highest BCUT2D eigenvalue weighted by molar-refractivity contribution is 5.70. The Morgan fingerprint density at radius 2 is 2.10 bits per heavy atom. The minimum absolute atomic E-state index is 0.251. The van der Waals surface area contributed by atoms with Gasteiger partial charge in [-0.3, -0.25) is 0 Å². The topological polar surface area (TPSA) is 64.6 Å². The maximum Gasteiger partial charge on any atom is 0.408 e. The highest BCUT2D eigenvalue weighted by Gasteiger charge is 2.33. The van der Waals surface area contributed by atoms with Crippen molar-refractivity contribution in [3.8, 4) is 5.75 Å². The van der Waals surface area contributed by atoms with Crippen molar-refractivity contribution in [2.75, 3.05) is 6.61 Å². The van der Waals surface area contributed by atoms with Gasteiger partial charge < -0.3 is 19.6 Å². The smallest absolute Gasteiger partial charge is 0.408 e. The van der Waals surface area contributed by atoms with Gasteiger partial charge in [0.15, 0.2) is 0 Å². The van der Waals surface area contributed by atoms with E-state index < -0.39 is 23.7 Å². The maximum atomic E-state index is 11.9. The van der Waals surface area contributed by atoms with Crippen LogP contribution in [0.15, 0.2) is 24.3 Å². The molecule has 5 nitrogen and oxygen atoms in total. The molecule has 0 spiro atoms. The number of hydrogen-bond acceptors (Lipinski definition) is 4. The van der Waals surface area contributed by atoms with Gasteiger partial charge in [0.2, 0.25) is 0 Å². The lowest BCUT2D eigenvalue weighted by Gasteiger charge is -2.31. The first-order valence-corrected chi connectivity index (χ1v) is 6.57. The molecule has 1 N–H and O–H groups in total. The molecule has 1 aromatic rings. The Morgan fingerprint density at radius 1 is 1.40 bits per heavy atom. The molecule has 0 aromatic heterocycles. The van der Waals surface area contributed by atoms with Crippen molar-refractivity contribution in [3.05, 3.63) is 29.8 Å². The van der Waals surface area contributed by atoms with Crippen LogP contribution in [0.5, 0.6) is 5.75 Å². The summed E-state index contributed by atoms with van der Waals surface area (Å²) in [5, 5.41) is 2.76. The Labute approximate surface area is 118 Å². The lowest BCUT2D eigenvalue weighted by molar-refractivity contribution is -0.113. The minimum atomic E-state index is -0.578. The Hall–Kier alpha value is -2.04. The third-order valence-corrected chi connectivity index (χ3v) is 2.96. The molecule has 0 bridgehead atoms. The average Bonchev–Trinajstić information content (AvgIpc) is 2.37. The first-order chi connectivity index (χ1) is 9.40. The van der Waals surface area contributed by atoms with Gasteiger partial charge in [0.25, 0.3) is 0 Å². The number of para-hydroxylation sites is 1. The Kier molecular flexibility index (Phi) is 3.97. The summed E-state index contributed by atoms with van der Waals surface area (Å²) in [6.45, 7) is 5.63. The maximum absolute atomic E-state index is 11.9. The molecule has 2 atom stereocenters. The van der Waals surface area contributed by atoms with E-state index in [2.05, 4.69) is 5.32 Å². The summed E-state index contributed by atoms with van der Waals surface area (Å²) in [6.07, 6.45) is 0.267. The van der Waals surface area contributed by atoms with Crippen molar-refractivity contribution in [2.45, 2.75) is 32.4 Å². The summed E-state index contributed by atoms with van der Waals surface area (Å²) in [7, 11) is 0. The van der Waals surface area contributed by atoms with Gasteiger partial charge in [0, 0.05) is 5.56 Å². The molecule has 20 heavy (non-hydrogen) atoms. The van der Waals surface area contributed by atoms with Crippen LogP contribution < -0.4 is 10.1 Å². The molecule has 1 aliphatic heterocycles. The fourth-order valence-corrected chi connectivity index (χ4v) is 2.12. The van der Waals surface area contributed by atoms with E-state index in [0.717, 1.165) is 11.8 Å². The molecule has 0 saturated heterocycles. The van der Waals surface area contributed by atoms with Crippen LogP contribution in [0.25, 0.3) is 0 Å². The monoisotopic (exact) mass is 277 g/mol. The third-order valence-electron chi connectivity index (χ3n) is 2.96. The van der Waals surface area contributed by atoms with E-state index in [1.807, 2.05) is 24.3 Å². The number of carbonyl (C=O) groups is 2. The van der Waals surface area contributed by atoms with Crippen LogP contribution in [0, 0.1) is 5.92 Å². The standard InChI is InChI=1S/C15H19NO4/c1-15(2,3)20-14(18)16-13-10(8-17)9-19-12-7-5-4-6-11(12)13/h4-8,10,13H,9H2,1-3H3,(H,16,18)/t10-,13-/m0/s1. The molecule has 1 aromatic carbocycles. The highest BCUT2D eigenvalue weighted by atomic mass is 16.6. The number of fused-ring (bicyclic) bond motifs is 1. The fraction of sp³-hybridized carbons (Fsp3) is 0.467. The van der Waals surface area contributed by atoms with Crippen molar-refractivity contribution >= 4 is 12.4 Å². The highest BCUT2D eigenvalue weighted by Crippen LogP contribution is 2.34. The van der Waals surface area contributed by atoms with Crippen LogP contribution >= 0.6 is 0 Å². The summed E-state index contributed by atoms with van der Waals surface area (Å²) in [6, 6.07) is 6.93. The number of carbonyl (C=O) groups excluding carboxylic acids is 2. The number of ether oxygens (including phenoxy) is 2. The lowest BCUT2D eigenvalue weighted by Crippen LogP contribution is -2.41. The van der Waals surface area contributed by atoms with Crippen LogP contribution in [0.2, 0.25) is 0 Å². The zero-order chi connectivity index (χ0) is 14.8. The molecule has 1 heterocycles. The Bertz CT molecular complexity index is 507. The van der Waals surface area contributed by atoms with E-state index >= 15 is 0 Å². The van der Waals surface area contributed by atoms with Crippen molar-refractivity contribution in [2.24, 2.45) is 5.92 Å². The second-order valence-corrected chi connectivity index (χ2v) is 5.77. The van der Waals surface area contributed by atoms with Gasteiger partial charge in [-0.05, 0) is 26.8 Å². The molecule has 2 rings (SSSR count). The number of nitrogens with one attached hydrogen (secondary N) is 1. The van der Waals surface area contributed by atoms with E-state index in [1.54, 1.807) is 20.8 Å². The Balaban J connectivity index is 2.19. The molecular formula is C15H19NO4. The molecule has 5 heteroatoms. The van der Waals surface area contributed by atoms with E-state index in [1.165, 1.54) is 0 Å². The number of hydrogen-bond donors (Lipinski definition) is 1. The first-order valence-electron chi connectivity index (χ1n) is 6.57. The number of alkyl carbamates (subject to hydrolysis) is 1. The zero-order valence-corrected chi connectivity index (χ0v) is 11.9. The molecule has 108 valence electrons. The normalized spacial score (nSPS) is 21.4. The van der Waals surface area contributed by atoms with Crippen LogP contribution in [0.3, 0.4) is 0 Å². The van der Waals surface area contributed by atoms with Gasteiger partial charge in [0.05, 0.1) is 18.6 Å². The van der Waals surface area contributed by atoms with Crippen LogP contribution in [-0.2, 0) is 9.53 Å². The summed E-state index contributed by atoms with van der Waals surface area (Å²) < 4.78 is 10.8. The fourth-order valence-electron chi connectivity index (χ4n) is 2.12. The molecule has 0 radical (unpaired) electrons. The SMILES string of the molecule is CC(C)(C)OC(=O)N[C@@H]1c2ccccc2OC[C@@H]1C=O. The number of aldehydes is 1. The number of benzene rings is 1. The second kappa shape index (κ2) is 5.53. The molecule has 1 amide bonds. The largest absolute Gasteiger partial charge is 0.492 e. The van der Waals surface area contributed by atoms with Gasteiger partial charge in [-0.25, -0.2) is 4.79 Å². The van der Waals surface area contributed by atoms with Gasteiger partial charge in [-0.15, -0.1) is 0 Å². The Morgan fingerprint density at radius 3 is 2.75 bits per heavy atom. The molecule has 0 fully saturated rings. The summed E-state index contributed by atoms with van der Waals surface area (Å²) in [4.78, 5) is 23.1. The molecule has 1 aliphatic rings. The summed E-state index contributed by atoms with van der Waals surface area (Å²) in [5.74, 6) is 0.268. The predicted molar refractivity (Wildman–Crippen MR) is 73.6 cm³/mol. The molecule has 0 unspecified atom stereocenters. The van der Waals surface area contributed by atoms with Crippen LogP contribution in [-0.4, -0.2) is 24.6 Å². The van der Waals surface area contributed by atoms with Gasteiger partial charge in [0.1, 0.15) is 17.6 Å². The van der Waals surface area contributed by atoms with Gasteiger partial charge in [-0.1, -0.05) is 18.2 Å². The van der Waals surface area contributed by atoms with Crippen molar-refractivity contribution in [3.63, 3.8) is 0 Å². The predicted octanol–water partition coefficient (Wildman–Crippen LogP) is 2.46. The van der Waals surface area contributed by atoms with Crippen molar-refractivity contribution in [1.29, 1.82) is 0 Å². The third kappa shape index (κ3) is 3.29. The number of amides is 1. The summed E-state index contributed by atoms with van der Waals surface area (Å²) >= 11 is 0. The van der Waals surface area contributed by atoms with Gasteiger partial charge in [-0.2, -0.15) is 0 Å². The molecule has 0 saturated carbocycles. The summed E-state index contributed by atoms with van der Waals surface area (Å²) in [5.41, 5.74) is 0.215. The zero-order valence-electron chi connectivity index (χ0n) is 11.9. The minimum Gasteiger partial charge on any atom is -0.492 e. The number of rotatable bonds is 2. The van der Waals surface area contributed by atoms with E-state index in [9.17, 15) is 9.59 Å². The average molecular weight is 277 g/mol. The second-order valence-electron chi connectivity index (χ2n) is 5.77. The van der Waals surface area contributed by atoms with Gasteiger partial charge >= 0.3 is 6.09 Å². The van der Waals surface area contributed by atoms with Crippen LogP contribution in [0.1, 0.15) is 32.4 Å². The van der Waals surface area contributed by atoms with E-state index in [0.29, 0.717) is 5.75 Å². The lowest BCUT2D eigenvalue weighted by atomic mass is 9.92. The van der Waals surface area contributed by atoms with Crippen molar-refractivity contribution < 1.29 is 19.1 Å². The molecular weight excluding hydrogens is 258 g/mol. The van der Waals surface area contributed by atoms with E-state index in [-0.39, 0.29) is 6.61 Å². The first kappa shape index (κ1) is 14.4. The molecule has 0 aliphatic carbocycles. The van der Waals surface area contributed by atoms with Crippen LogP contribution in [0.4, 0.5) is 4.79 Å². The van der Waals surface area contributed by atoms with Crippen molar-refractivity contribution in [1.82, 2.24) is 5.32 Å². The quantitative estimate of drug-likeness (QED) is 0.843.